The predicted molar refractivity (Wildman–Crippen MR) is 100 cm³/mol. The molecule has 3 rings (SSSR count). The van der Waals surface area contributed by atoms with Crippen molar-refractivity contribution >= 4 is 11.6 Å². The lowest BCUT2D eigenvalue weighted by Gasteiger charge is -1.94. The Morgan fingerprint density at radius 1 is 0.889 bits per heavy atom. The minimum absolute atomic E-state index is 0.0463. The Morgan fingerprint density at radius 3 is 2.04 bits per heavy atom. The van der Waals surface area contributed by atoms with Crippen molar-refractivity contribution in [2.45, 2.75) is 13.1 Å². The second-order valence-electron chi connectivity index (χ2n) is 5.81. The maximum absolute atomic E-state index is 12.0. The van der Waals surface area contributed by atoms with Crippen LogP contribution in [0.15, 0.2) is 92.1 Å². The molecule has 0 amide bonds. The first-order chi connectivity index (χ1) is 13.2. The third-order valence-corrected chi connectivity index (χ3v) is 3.85. The molecule has 0 atom stereocenters. The van der Waals surface area contributed by atoms with Crippen molar-refractivity contribution < 1.29 is 14.2 Å². The smallest absolute Gasteiger partial charge is 0.244 e. The topological polar surface area (TPSA) is 68.7 Å². The number of hydrogen-bond acceptors (Lipinski definition) is 4. The molecule has 0 aliphatic heterocycles. The summed E-state index contributed by atoms with van der Waals surface area (Å²) in [5.74, 6) is -0.0926. The molecule has 0 aromatic carbocycles. The summed E-state index contributed by atoms with van der Waals surface area (Å²) >= 11 is 0. The van der Waals surface area contributed by atoms with Gasteiger partial charge in [-0.2, -0.15) is 0 Å². The van der Waals surface area contributed by atoms with Crippen molar-refractivity contribution in [2.24, 2.45) is 0 Å². The van der Waals surface area contributed by atoms with Gasteiger partial charge in [-0.15, -0.1) is 0 Å². The molecule has 0 saturated heterocycles. The fraction of sp³-hybridized carbons (Fsp3) is 0.0952. The van der Waals surface area contributed by atoms with Crippen molar-refractivity contribution in [3.8, 4) is 0 Å². The molecule has 3 aromatic heterocycles. The summed E-state index contributed by atoms with van der Waals surface area (Å²) in [6.45, 7) is 1.17. The molecule has 134 valence electrons. The number of nitrogens with zero attached hydrogens (tertiary/aromatic N) is 4. The summed E-state index contributed by atoms with van der Waals surface area (Å²) in [5.41, 5.74) is 1.24. The third-order valence-electron chi connectivity index (χ3n) is 3.85. The fourth-order valence-corrected chi connectivity index (χ4v) is 2.44. The molecule has 0 N–H and O–H groups in total. The van der Waals surface area contributed by atoms with Gasteiger partial charge in [0.2, 0.25) is 6.33 Å². The molecular formula is C21H19N4O2+. The Morgan fingerprint density at radius 2 is 1.44 bits per heavy atom. The highest BCUT2D eigenvalue weighted by atomic mass is 16.1. The van der Waals surface area contributed by atoms with Gasteiger partial charge in [-0.3, -0.25) is 19.6 Å². The Balaban J connectivity index is 1.50. The molecular weight excluding hydrogens is 340 g/mol. The van der Waals surface area contributed by atoms with Gasteiger partial charge in [-0.1, -0.05) is 0 Å². The van der Waals surface area contributed by atoms with Gasteiger partial charge in [0.05, 0.1) is 0 Å². The molecule has 6 heteroatoms. The number of ketones is 2. The van der Waals surface area contributed by atoms with Crippen molar-refractivity contribution in [2.75, 3.05) is 0 Å². The Kier molecular flexibility index (Phi) is 6.14. The maximum atomic E-state index is 12.0. The largest absolute Gasteiger partial charge is 0.289 e. The summed E-state index contributed by atoms with van der Waals surface area (Å²) in [6.07, 6.45) is 18.9. The van der Waals surface area contributed by atoms with Crippen LogP contribution in [0.1, 0.15) is 20.7 Å². The second-order valence-corrected chi connectivity index (χ2v) is 5.81. The van der Waals surface area contributed by atoms with Crippen LogP contribution in [-0.2, 0) is 13.1 Å². The van der Waals surface area contributed by atoms with Crippen LogP contribution in [0.4, 0.5) is 0 Å². The maximum Gasteiger partial charge on any atom is 0.244 e. The van der Waals surface area contributed by atoms with E-state index in [4.69, 9.17) is 0 Å². The van der Waals surface area contributed by atoms with E-state index in [1.54, 1.807) is 61.2 Å². The molecule has 0 bridgehead atoms. The highest BCUT2D eigenvalue weighted by molar-refractivity contribution is 6.04. The molecule has 0 saturated carbocycles. The summed E-state index contributed by atoms with van der Waals surface area (Å²) in [4.78, 5) is 31.8. The molecule has 0 unspecified atom stereocenters. The number of allylic oxidation sites excluding steroid dienone is 4. The number of imidazole rings is 1. The number of hydrogen-bond donors (Lipinski definition) is 0. The van der Waals surface area contributed by atoms with Gasteiger partial charge in [-0.25, -0.2) is 9.13 Å². The van der Waals surface area contributed by atoms with Gasteiger partial charge in [0.1, 0.15) is 25.5 Å². The van der Waals surface area contributed by atoms with Gasteiger partial charge in [0, 0.05) is 35.9 Å². The van der Waals surface area contributed by atoms with Crippen molar-refractivity contribution in [1.82, 2.24) is 14.5 Å². The van der Waals surface area contributed by atoms with Gasteiger partial charge in [0.15, 0.2) is 11.6 Å². The van der Waals surface area contributed by atoms with Gasteiger partial charge >= 0.3 is 0 Å². The van der Waals surface area contributed by atoms with E-state index in [0.29, 0.717) is 24.2 Å². The minimum Gasteiger partial charge on any atom is -0.289 e. The van der Waals surface area contributed by atoms with E-state index in [1.807, 2.05) is 40.0 Å². The van der Waals surface area contributed by atoms with E-state index in [-0.39, 0.29) is 11.6 Å². The van der Waals surface area contributed by atoms with E-state index in [2.05, 4.69) is 9.97 Å². The van der Waals surface area contributed by atoms with Crippen LogP contribution in [0.2, 0.25) is 0 Å². The number of rotatable bonds is 8. The van der Waals surface area contributed by atoms with Crippen LogP contribution in [0, 0.1) is 0 Å². The SMILES string of the molecule is O=C(/C=C/Cn1cc[n+](C/C=C/C(=O)c2ccncc2)c1)c1ccncc1. The second kappa shape index (κ2) is 9.15. The zero-order valence-corrected chi connectivity index (χ0v) is 14.7. The first-order valence-electron chi connectivity index (χ1n) is 8.49. The molecule has 0 aliphatic carbocycles. The monoisotopic (exact) mass is 359 g/mol. The van der Waals surface area contributed by atoms with E-state index < -0.39 is 0 Å². The lowest BCUT2D eigenvalue weighted by molar-refractivity contribution is -0.686. The van der Waals surface area contributed by atoms with Crippen LogP contribution in [-0.4, -0.2) is 26.1 Å². The molecule has 0 aliphatic rings. The molecule has 6 nitrogen and oxygen atoms in total. The zero-order valence-electron chi connectivity index (χ0n) is 14.7. The molecule has 27 heavy (non-hydrogen) atoms. The summed E-state index contributed by atoms with van der Waals surface area (Å²) in [6, 6.07) is 6.76. The quantitative estimate of drug-likeness (QED) is 0.352. The van der Waals surface area contributed by atoms with E-state index >= 15 is 0 Å². The van der Waals surface area contributed by atoms with Gasteiger partial charge in [0.25, 0.3) is 0 Å². The minimum atomic E-state index is -0.0463. The average molecular weight is 359 g/mol. The number of carbonyl (C=O) groups excluding carboxylic acids is 2. The Hall–Kier alpha value is -3.67. The highest BCUT2D eigenvalue weighted by Crippen LogP contribution is 2.00. The Labute approximate surface area is 157 Å². The summed E-state index contributed by atoms with van der Waals surface area (Å²) in [5, 5.41) is 0. The molecule has 0 spiro atoms. The Bertz CT molecular complexity index is 882. The fourth-order valence-electron chi connectivity index (χ4n) is 2.44. The molecule has 0 radical (unpaired) electrons. The number of carbonyl (C=O) groups is 2. The number of pyridine rings is 2. The molecule has 0 fully saturated rings. The van der Waals surface area contributed by atoms with E-state index in [0.717, 1.165) is 0 Å². The summed E-state index contributed by atoms with van der Waals surface area (Å²) in [7, 11) is 0. The lowest BCUT2D eigenvalue weighted by atomic mass is 10.2. The standard InChI is InChI=1S/C21H19N4O2/c26-20(18-5-9-22-10-6-18)3-1-13-24-15-16-25(17-24)14-2-4-21(27)19-7-11-23-12-8-19/h1-12,15-17H,13-14H2/q+1/b3-1+,4-2+. The first kappa shape index (κ1) is 18.1. The van der Waals surface area contributed by atoms with Crippen LogP contribution in [0.5, 0.6) is 0 Å². The van der Waals surface area contributed by atoms with E-state index in [1.165, 1.54) is 0 Å². The van der Waals surface area contributed by atoms with Crippen LogP contribution >= 0.6 is 0 Å². The number of aromatic nitrogens is 4. The third kappa shape index (κ3) is 5.40. The van der Waals surface area contributed by atoms with Gasteiger partial charge in [-0.05, 0) is 48.6 Å². The normalized spacial score (nSPS) is 11.3. The lowest BCUT2D eigenvalue weighted by Crippen LogP contribution is -2.29. The predicted octanol–water partition coefficient (Wildman–Crippen LogP) is 2.44. The van der Waals surface area contributed by atoms with Crippen molar-refractivity contribution in [1.29, 1.82) is 0 Å². The summed E-state index contributed by atoms with van der Waals surface area (Å²) < 4.78 is 3.91. The zero-order chi connectivity index (χ0) is 18.9. The average Bonchev–Trinajstić information content (AvgIpc) is 3.17. The van der Waals surface area contributed by atoms with Crippen LogP contribution in [0.3, 0.4) is 0 Å². The first-order valence-corrected chi connectivity index (χ1v) is 8.49. The van der Waals surface area contributed by atoms with Gasteiger partial charge < -0.3 is 0 Å². The molecule has 3 heterocycles. The van der Waals surface area contributed by atoms with Crippen molar-refractivity contribution in [3.05, 3.63) is 103 Å². The van der Waals surface area contributed by atoms with Crippen LogP contribution < -0.4 is 4.57 Å². The van der Waals surface area contributed by atoms with E-state index in [9.17, 15) is 9.59 Å². The van der Waals surface area contributed by atoms with Crippen LogP contribution in [0.25, 0.3) is 0 Å². The van der Waals surface area contributed by atoms with Crippen molar-refractivity contribution in [3.63, 3.8) is 0 Å². The molecule has 3 aromatic rings. The highest BCUT2D eigenvalue weighted by Gasteiger charge is 2.03.